The topological polar surface area (TPSA) is 54.4 Å². The van der Waals surface area contributed by atoms with Gasteiger partial charge in [-0.2, -0.15) is 13.2 Å². The lowest BCUT2D eigenvalue weighted by Gasteiger charge is -2.39. The number of nitrogens with zero attached hydrogens (tertiary/aromatic N) is 1. The maximum Gasteiger partial charge on any atom is 0.418 e. The summed E-state index contributed by atoms with van der Waals surface area (Å²) in [5, 5.41) is 15.2. The number of hydrogen-bond donors (Lipinski definition) is 2. The van der Waals surface area contributed by atoms with Gasteiger partial charge in [0.25, 0.3) is 0 Å². The Morgan fingerprint density at radius 2 is 1.94 bits per heavy atom. The summed E-state index contributed by atoms with van der Waals surface area (Å²) in [6.07, 6.45) is -1.93. The van der Waals surface area contributed by atoms with E-state index in [1.165, 1.54) is 13.0 Å². The third-order valence-corrected chi connectivity index (χ3v) is 6.36. The maximum absolute atomic E-state index is 14.6. The molecule has 3 aromatic rings. The summed E-state index contributed by atoms with van der Waals surface area (Å²) in [5.74, 6) is -0.0571. The lowest BCUT2D eigenvalue weighted by atomic mass is 9.72. The number of alkyl halides is 3. The number of aliphatic hydroxyl groups is 1. The standard InChI is InChI=1S/C25H26F4N2O2/c1-15-19(26)11-16-8-10-33-22(16)21(15)23(2,3)13-24(32,25(27,28)29)14-31-20-6-4-5-17-12-30-9-7-18(17)20/h4-7,9,11-12,31-32H,8,10,13-14H2,1-3H3. The van der Waals surface area contributed by atoms with Crippen LogP contribution in [0.25, 0.3) is 10.8 Å². The number of pyridine rings is 1. The number of ether oxygens (including phenoxy) is 1. The highest BCUT2D eigenvalue weighted by Crippen LogP contribution is 2.47. The van der Waals surface area contributed by atoms with E-state index in [0.717, 1.165) is 5.39 Å². The molecule has 1 aliphatic heterocycles. The van der Waals surface area contributed by atoms with Crippen molar-refractivity contribution < 1.29 is 27.4 Å². The van der Waals surface area contributed by atoms with Gasteiger partial charge in [-0.25, -0.2) is 4.39 Å². The molecule has 0 radical (unpaired) electrons. The van der Waals surface area contributed by atoms with Crippen molar-refractivity contribution in [2.24, 2.45) is 0 Å². The van der Waals surface area contributed by atoms with E-state index in [-0.39, 0.29) is 5.56 Å². The number of rotatable bonds is 6. The van der Waals surface area contributed by atoms with Gasteiger partial charge in [-0.15, -0.1) is 0 Å². The molecule has 1 aliphatic rings. The second-order valence-electron chi connectivity index (χ2n) is 9.29. The zero-order valence-electron chi connectivity index (χ0n) is 18.7. The highest BCUT2D eigenvalue weighted by Gasteiger charge is 2.56. The fourth-order valence-corrected chi connectivity index (χ4v) is 4.81. The lowest BCUT2D eigenvalue weighted by molar-refractivity contribution is -0.260. The second kappa shape index (κ2) is 8.17. The minimum absolute atomic E-state index is 0.236. The van der Waals surface area contributed by atoms with E-state index in [0.29, 0.717) is 41.0 Å². The van der Waals surface area contributed by atoms with Crippen LogP contribution in [0.15, 0.2) is 42.7 Å². The number of anilines is 1. The van der Waals surface area contributed by atoms with E-state index >= 15 is 0 Å². The summed E-state index contributed by atoms with van der Waals surface area (Å²) in [6.45, 7) is 4.28. The molecule has 2 heterocycles. The number of nitrogens with one attached hydrogen (secondary N) is 1. The first-order chi connectivity index (χ1) is 15.4. The van der Waals surface area contributed by atoms with Gasteiger partial charge in [0, 0.05) is 46.4 Å². The van der Waals surface area contributed by atoms with Crippen molar-refractivity contribution in [1.82, 2.24) is 4.98 Å². The van der Waals surface area contributed by atoms with Crippen LogP contribution in [0.5, 0.6) is 5.75 Å². The third kappa shape index (κ3) is 4.24. The molecule has 0 saturated carbocycles. The minimum atomic E-state index is -4.92. The van der Waals surface area contributed by atoms with Gasteiger partial charge in [-0.3, -0.25) is 4.98 Å². The van der Waals surface area contributed by atoms with E-state index in [4.69, 9.17) is 4.74 Å². The first-order valence-electron chi connectivity index (χ1n) is 10.7. The van der Waals surface area contributed by atoms with E-state index in [1.807, 2.05) is 0 Å². The average Bonchev–Trinajstić information content (AvgIpc) is 3.19. The molecule has 2 aromatic carbocycles. The molecule has 0 bridgehead atoms. The summed E-state index contributed by atoms with van der Waals surface area (Å²) >= 11 is 0. The Kier molecular flexibility index (Phi) is 5.76. The maximum atomic E-state index is 14.6. The molecule has 1 unspecified atom stereocenters. The zero-order valence-corrected chi connectivity index (χ0v) is 18.7. The largest absolute Gasteiger partial charge is 0.493 e. The molecule has 0 aliphatic carbocycles. The van der Waals surface area contributed by atoms with Gasteiger partial charge in [0.1, 0.15) is 11.6 Å². The highest BCUT2D eigenvalue weighted by atomic mass is 19.4. The Balaban J connectivity index is 1.68. The number of hydrogen-bond acceptors (Lipinski definition) is 4. The summed E-state index contributed by atoms with van der Waals surface area (Å²) in [6, 6.07) is 8.25. The molecule has 33 heavy (non-hydrogen) atoms. The van der Waals surface area contributed by atoms with Crippen molar-refractivity contribution in [1.29, 1.82) is 0 Å². The average molecular weight is 462 g/mol. The van der Waals surface area contributed by atoms with Crippen LogP contribution in [-0.4, -0.2) is 35.0 Å². The van der Waals surface area contributed by atoms with Gasteiger partial charge < -0.3 is 15.2 Å². The molecular formula is C25H26F4N2O2. The van der Waals surface area contributed by atoms with Crippen LogP contribution in [0.4, 0.5) is 23.2 Å². The fraction of sp³-hybridized carbons (Fsp3) is 0.400. The number of fused-ring (bicyclic) bond motifs is 2. The SMILES string of the molecule is Cc1c(F)cc2c(c1C(C)(C)CC(O)(CNc1cccc3cnccc13)C(F)(F)F)OCC2. The van der Waals surface area contributed by atoms with Gasteiger partial charge >= 0.3 is 6.18 Å². The molecular weight excluding hydrogens is 436 g/mol. The molecule has 1 aromatic heterocycles. The molecule has 0 amide bonds. The Labute approximate surface area is 189 Å². The van der Waals surface area contributed by atoms with Crippen LogP contribution in [0.3, 0.4) is 0 Å². The minimum Gasteiger partial charge on any atom is -0.493 e. The van der Waals surface area contributed by atoms with Crippen molar-refractivity contribution in [2.45, 2.75) is 50.8 Å². The Bertz CT molecular complexity index is 1190. The van der Waals surface area contributed by atoms with Gasteiger partial charge in [0.2, 0.25) is 0 Å². The molecule has 4 rings (SSSR count). The van der Waals surface area contributed by atoms with E-state index in [2.05, 4.69) is 10.3 Å². The zero-order chi connectivity index (χ0) is 24.0. The normalized spacial score (nSPS) is 15.8. The highest BCUT2D eigenvalue weighted by molar-refractivity contribution is 5.93. The van der Waals surface area contributed by atoms with Crippen molar-refractivity contribution in [2.75, 3.05) is 18.5 Å². The van der Waals surface area contributed by atoms with E-state index in [1.54, 1.807) is 50.5 Å². The van der Waals surface area contributed by atoms with Crippen molar-refractivity contribution in [3.05, 3.63) is 65.2 Å². The van der Waals surface area contributed by atoms with E-state index in [9.17, 15) is 22.7 Å². The van der Waals surface area contributed by atoms with Crippen molar-refractivity contribution in [3.63, 3.8) is 0 Å². The van der Waals surface area contributed by atoms with Crippen LogP contribution in [-0.2, 0) is 11.8 Å². The molecule has 1 atom stereocenters. The van der Waals surface area contributed by atoms with Crippen molar-refractivity contribution in [3.8, 4) is 5.75 Å². The molecule has 176 valence electrons. The molecule has 8 heteroatoms. The molecule has 0 spiro atoms. The Morgan fingerprint density at radius 1 is 1.18 bits per heavy atom. The number of aromatic nitrogens is 1. The first kappa shape index (κ1) is 23.3. The molecule has 2 N–H and O–H groups in total. The molecule has 0 fully saturated rings. The predicted molar refractivity (Wildman–Crippen MR) is 119 cm³/mol. The second-order valence-corrected chi connectivity index (χ2v) is 9.29. The molecule has 4 nitrogen and oxygen atoms in total. The van der Waals surface area contributed by atoms with E-state index < -0.39 is 36.0 Å². The summed E-state index contributed by atoms with van der Waals surface area (Å²) in [5.41, 5.74) is -2.60. The summed E-state index contributed by atoms with van der Waals surface area (Å²) in [7, 11) is 0. The first-order valence-corrected chi connectivity index (χ1v) is 10.7. The number of benzene rings is 2. The monoisotopic (exact) mass is 462 g/mol. The van der Waals surface area contributed by atoms with Gasteiger partial charge in [0.05, 0.1) is 13.2 Å². The Morgan fingerprint density at radius 3 is 2.67 bits per heavy atom. The van der Waals surface area contributed by atoms with Crippen LogP contribution in [0.2, 0.25) is 0 Å². The van der Waals surface area contributed by atoms with Crippen LogP contribution >= 0.6 is 0 Å². The summed E-state index contributed by atoms with van der Waals surface area (Å²) in [4.78, 5) is 4.03. The van der Waals surface area contributed by atoms with Gasteiger partial charge in [-0.1, -0.05) is 26.0 Å². The van der Waals surface area contributed by atoms with Gasteiger partial charge in [0.15, 0.2) is 5.60 Å². The summed E-state index contributed by atoms with van der Waals surface area (Å²) < 4.78 is 62.9. The van der Waals surface area contributed by atoms with Crippen LogP contribution in [0.1, 0.15) is 37.0 Å². The van der Waals surface area contributed by atoms with Crippen molar-refractivity contribution >= 4 is 16.5 Å². The quantitative estimate of drug-likeness (QED) is 0.462. The fourth-order valence-electron chi connectivity index (χ4n) is 4.81. The van der Waals surface area contributed by atoms with Crippen LogP contribution < -0.4 is 10.1 Å². The smallest absolute Gasteiger partial charge is 0.418 e. The van der Waals surface area contributed by atoms with Gasteiger partial charge in [-0.05, 0) is 42.5 Å². The number of halogens is 4. The predicted octanol–water partition coefficient (Wildman–Crippen LogP) is 5.69. The van der Waals surface area contributed by atoms with Crippen LogP contribution in [0, 0.1) is 12.7 Å². The lowest BCUT2D eigenvalue weighted by Crippen LogP contribution is -2.53. The molecule has 0 saturated heterocycles. The Hall–Kier alpha value is -2.87. The third-order valence-electron chi connectivity index (χ3n) is 6.36.